The number of amides is 2. The van der Waals surface area contributed by atoms with Crippen molar-refractivity contribution >= 4 is 23.6 Å². The summed E-state index contributed by atoms with van der Waals surface area (Å²) in [6, 6.07) is 17.1. The van der Waals surface area contributed by atoms with Gasteiger partial charge in [-0.25, -0.2) is 0 Å². The van der Waals surface area contributed by atoms with E-state index in [9.17, 15) is 9.59 Å². The smallest absolute Gasteiger partial charge is 0.253 e. The SMILES string of the molecule is CSCc1ccc(C(=O)N2CCN(C(=O)c3ccccc3)CC2)cc1. The molecule has 0 aromatic heterocycles. The molecule has 3 rings (SSSR count). The average molecular weight is 354 g/mol. The lowest BCUT2D eigenvalue weighted by molar-refractivity contribution is 0.0535. The molecule has 1 aliphatic heterocycles. The first-order chi connectivity index (χ1) is 12.2. The Kier molecular flexibility index (Phi) is 5.76. The Morgan fingerprint density at radius 3 is 1.76 bits per heavy atom. The Hall–Kier alpha value is -2.27. The van der Waals surface area contributed by atoms with E-state index < -0.39 is 0 Å². The molecule has 0 aliphatic carbocycles. The van der Waals surface area contributed by atoms with Gasteiger partial charge in [-0.3, -0.25) is 9.59 Å². The van der Waals surface area contributed by atoms with Gasteiger partial charge in [0.15, 0.2) is 0 Å². The molecule has 4 nitrogen and oxygen atoms in total. The molecule has 0 atom stereocenters. The van der Waals surface area contributed by atoms with Crippen molar-refractivity contribution in [2.45, 2.75) is 5.75 Å². The summed E-state index contributed by atoms with van der Waals surface area (Å²) >= 11 is 1.77. The van der Waals surface area contributed by atoms with Gasteiger partial charge in [0, 0.05) is 43.1 Å². The average Bonchev–Trinajstić information content (AvgIpc) is 2.68. The molecule has 0 saturated carbocycles. The van der Waals surface area contributed by atoms with Crippen molar-refractivity contribution in [2.24, 2.45) is 0 Å². The first-order valence-corrected chi connectivity index (χ1v) is 9.80. The maximum Gasteiger partial charge on any atom is 0.253 e. The molecule has 2 amide bonds. The molecule has 1 heterocycles. The second-order valence-electron chi connectivity index (χ2n) is 6.08. The number of thioether (sulfide) groups is 1. The topological polar surface area (TPSA) is 40.6 Å². The Labute approximate surface area is 152 Å². The van der Waals surface area contributed by atoms with Crippen LogP contribution in [0.1, 0.15) is 26.3 Å². The van der Waals surface area contributed by atoms with Gasteiger partial charge in [0.2, 0.25) is 0 Å². The van der Waals surface area contributed by atoms with Crippen LogP contribution in [0, 0.1) is 0 Å². The van der Waals surface area contributed by atoms with Crippen LogP contribution in [0.15, 0.2) is 54.6 Å². The largest absolute Gasteiger partial charge is 0.335 e. The molecule has 0 radical (unpaired) electrons. The first kappa shape index (κ1) is 17.5. The van der Waals surface area contributed by atoms with Crippen molar-refractivity contribution in [3.05, 3.63) is 71.3 Å². The van der Waals surface area contributed by atoms with E-state index in [4.69, 9.17) is 0 Å². The number of carbonyl (C=O) groups is 2. The standard InChI is InChI=1S/C20H22N2O2S/c1-25-15-16-7-9-18(10-8-16)20(24)22-13-11-21(12-14-22)19(23)17-5-3-2-4-6-17/h2-10H,11-15H2,1H3. The van der Waals surface area contributed by atoms with Crippen LogP contribution in [0.2, 0.25) is 0 Å². The lowest BCUT2D eigenvalue weighted by Gasteiger charge is -2.35. The number of piperazine rings is 1. The Bertz CT molecular complexity index is 723. The highest BCUT2D eigenvalue weighted by molar-refractivity contribution is 7.97. The number of rotatable bonds is 4. The van der Waals surface area contributed by atoms with Crippen LogP contribution in [0.5, 0.6) is 0 Å². The lowest BCUT2D eigenvalue weighted by Crippen LogP contribution is -2.50. The summed E-state index contributed by atoms with van der Waals surface area (Å²) in [7, 11) is 0. The third-order valence-electron chi connectivity index (χ3n) is 4.39. The van der Waals surface area contributed by atoms with Crippen molar-refractivity contribution in [3.63, 3.8) is 0 Å². The summed E-state index contributed by atoms with van der Waals surface area (Å²) in [5, 5.41) is 0. The number of hydrogen-bond donors (Lipinski definition) is 0. The van der Waals surface area contributed by atoms with E-state index in [-0.39, 0.29) is 11.8 Å². The fourth-order valence-corrected chi connectivity index (χ4v) is 3.49. The van der Waals surface area contributed by atoms with E-state index >= 15 is 0 Å². The molecule has 0 unspecified atom stereocenters. The molecule has 0 spiro atoms. The second-order valence-corrected chi connectivity index (χ2v) is 6.95. The molecular weight excluding hydrogens is 332 g/mol. The highest BCUT2D eigenvalue weighted by Gasteiger charge is 2.25. The van der Waals surface area contributed by atoms with Gasteiger partial charge in [-0.1, -0.05) is 30.3 Å². The normalized spacial score (nSPS) is 14.4. The highest BCUT2D eigenvalue weighted by Crippen LogP contribution is 2.14. The summed E-state index contributed by atoms with van der Waals surface area (Å²) in [5.41, 5.74) is 2.64. The van der Waals surface area contributed by atoms with Crippen LogP contribution >= 0.6 is 11.8 Å². The number of nitrogens with zero attached hydrogens (tertiary/aromatic N) is 2. The van der Waals surface area contributed by atoms with E-state index in [0.29, 0.717) is 37.3 Å². The lowest BCUT2D eigenvalue weighted by atomic mass is 10.1. The highest BCUT2D eigenvalue weighted by atomic mass is 32.2. The van der Waals surface area contributed by atoms with Crippen molar-refractivity contribution < 1.29 is 9.59 Å². The summed E-state index contributed by atoms with van der Waals surface area (Å²) in [6.45, 7) is 2.29. The fraction of sp³-hybridized carbons (Fsp3) is 0.300. The van der Waals surface area contributed by atoms with Gasteiger partial charge in [0.05, 0.1) is 0 Å². The zero-order chi connectivity index (χ0) is 17.6. The predicted octanol–water partition coefficient (Wildman–Crippen LogP) is 3.15. The van der Waals surface area contributed by atoms with Crippen LogP contribution in [0.3, 0.4) is 0 Å². The maximum atomic E-state index is 12.6. The third kappa shape index (κ3) is 4.23. The quantitative estimate of drug-likeness (QED) is 0.847. The third-order valence-corrected chi connectivity index (χ3v) is 5.01. The molecule has 1 aliphatic rings. The molecular formula is C20H22N2O2S. The molecule has 2 aromatic rings. The van der Waals surface area contributed by atoms with Gasteiger partial charge in [0.25, 0.3) is 11.8 Å². The van der Waals surface area contributed by atoms with Gasteiger partial charge in [0.1, 0.15) is 0 Å². The maximum absolute atomic E-state index is 12.6. The minimum absolute atomic E-state index is 0.0362. The number of carbonyl (C=O) groups excluding carboxylic acids is 2. The van der Waals surface area contributed by atoms with E-state index in [1.807, 2.05) is 64.4 Å². The second kappa shape index (κ2) is 8.21. The van der Waals surface area contributed by atoms with Gasteiger partial charge in [-0.2, -0.15) is 11.8 Å². The van der Waals surface area contributed by atoms with Crippen LogP contribution in [-0.4, -0.2) is 54.0 Å². The van der Waals surface area contributed by atoms with Gasteiger partial charge in [-0.15, -0.1) is 0 Å². The van der Waals surface area contributed by atoms with E-state index in [1.54, 1.807) is 11.8 Å². The van der Waals surface area contributed by atoms with Crippen molar-refractivity contribution in [3.8, 4) is 0 Å². The molecule has 1 saturated heterocycles. The number of benzene rings is 2. The fourth-order valence-electron chi connectivity index (χ4n) is 2.97. The summed E-state index contributed by atoms with van der Waals surface area (Å²) in [4.78, 5) is 28.8. The van der Waals surface area contributed by atoms with Crippen LogP contribution in [0.4, 0.5) is 0 Å². The van der Waals surface area contributed by atoms with E-state index in [0.717, 1.165) is 5.75 Å². The van der Waals surface area contributed by atoms with Crippen molar-refractivity contribution in [2.75, 3.05) is 32.4 Å². The van der Waals surface area contributed by atoms with E-state index in [1.165, 1.54) is 5.56 Å². The summed E-state index contributed by atoms with van der Waals surface area (Å²) in [5.74, 6) is 1.03. The van der Waals surface area contributed by atoms with Gasteiger partial charge < -0.3 is 9.80 Å². The Balaban J connectivity index is 1.58. The van der Waals surface area contributed by atoms with Gasteiger partial charge >= 0.3 is 0 Å². The minimum Gasteiger partial charge on any atom is -0.335 e. The molecule has 5 heteroatoms. The molecule has 2 aromatic carbocycles. The molecule has 25 heavy (non-hydrogen) atoms. The Morgan fingerprint density at radius 2 is 1.28 bits per heavy atom. The number of hydrogen-bond acceptors (Lipinski definition) is 3. The molecule has 0 N–H and O–H groups in total. The molecule has 0 bridgehead atoms. The van der Waals surface area contributed by atoms with E-state index in [2.05, 4.69) is 6.26 Å². The summed E-state index contributed by atoms with van der Waals surface area (Å²) < 4.78 is 0. The predicted molar refractivity (Wildman–Crippen MR) is 102 cm³/mol. The molecule has 130 valence electrons. The summed E-state index contributed by atoms with van der Waals surface area (Å²) in [6.07, 6.45) is 2.06. The van der Waals surface area contributed by atoms with Crippen LogP contribution in [-0.2, 0) is 5.75 Å². The minimum atomic E-state index is 0.0362. The Morgan fingerprint density at radius 1 is 0.800 bits per heavy atom. The van der Waals surface area contributed by atoms with Crippen LogP contribution < -0.4 is 0 Å². The monoisotopic (exact) mass is 354 g/mol. The van der Waals surface area contributed by atoms with Crippen LogP contribution in [0.25, 0.3) is 0 Å². The molecule has 1 fully saturated rings. The zero-order valence-corrected chi connectivity index (χ0v) is 15.2. The zero-order valence-electron chi connectivity index (χ0n) is 14.4. The van der Waals surface area contributed by atoms with Crippen molar-refractivity contribution in [1.29, 1.82) is 0 Å². The first-order valence-electron chi connectivity index (χ1n) is 8.40. The van der Waals surface area contributed by atoms with Crippen molar-refractivity contribution in [1.82, 2.24) is 9.80 Å². The van der Waals surface area contributed by atoms with Gasteiger partial charge in [-0.05, 0) is 36.1 Å².